The van der Waals surface area contributed by atoms with E-state index in [1.165, 1.54) is 12.8 Å². The Morgan fingerprint density at radius 2 is 2.00 bits per heavy atom. The monoisotopic (exact) mass is 279 g/mol. The van der Waals surface area contributed by atoms with Gasteiger partial charge in [-0.15, -0.1) is 0 Å². The van der Waals surface area contributed by atoms with Crippen molar-refractivity contribution in [3.8, 4) is 0 Å². The second-order valence-corrected chi connectivity index (χ2v) is 6.06. The molecular formula is C15H25N3S. The van der Waals surface area contributed by atoms with Crippen LogP contribution < -0.4 is 11.1 Å². The molecule has 0 aromatic carbocycles. The van der Waals surface area contributed by atoms with E-state index >= 15 is 0 Å². The SMILES string of the molecule is Cc1cc(C(N)=S)cc(NC(C)CCCC(C)C)n1. The van der Waals surface area contributed by atoms with Crippen LogP contribution in [0, 0.1) is 12.8 Å². The lowest BCUT2D eigenvalue weighted by Gasteiger charge is -2.16. The third-order valence-corrected chi connectivity index (χ3v) is 3.29. The van der Waals surface area contributed by atoms with Gasteiger partial charge in [-0.25, -0.2) is 4.98 Å². The molecule has 0 aliphatic rings. The normalized spacial score (nSPS) is 12.5. The van der Waals surface area contributed by atoms with Crippen LogP contribution in [-0.4, -0.2) is 16.0 Å². The van der Waals surface area contributed by atoms with Crippen LogP contribution in [0.1, 0.15) is 51.3 Å². The summed E-state index contributed by atoms with van der Waals surface area (Å²) in [5.74, 6) is 1.63. The summed E-state index contributed by atoms with van der Waals surface area (Å²) in [6.45, 7) is 8.66. The molecule has 0 saturated heterocycles. The van der Waals surface area contributed by atoms with E-state index in [4.69, 9.17) is 18.0 Å². The number of thiocarbonyl (C=S) groups is 1. The number of hydrogen-bond donors (Lipinski definition) is 2. The van der Waals surface area contributed by atoms with Gasteiger partial charge in [0.2, 0.25) is 0 Å². The lowest BCUT2D eigenvalue weighted by Crippen LogP contribution is -2.18. The summed E-state index contributed by atoms with van der Waals surface area (Å²) in [6.07, 6.45) is 3.65. The molecule has 1 rings (SSSR count). The molecule has 1 aromatic rings. The summed E-state index contributed by atoms with van der Waals surface area (Å²) >= 11 is 5.02. The summed E-state index contributed by atoms with van der Waals surface area (Å²) in [4.78, 5) is 4.89. The Morgan fingerprint density at radius 1 is 1.32 bits per heavy atom. The van der Waals surface area contributed by atoms with Crippen LogP contribution in [0.15, 0.2) is 12.1 Å². The second-order valence-electron chi connectivity index (χ2n) is 5.62. The Kier molecular flexibility index (Phi) is 6.22. The van der Waals surface area contributed by atoms with E-state index in [0.717, 1.165) is 29.4 Å². The second kappa shape index (κ2) is 7.43. The molecule has 106 valence electrons. The predicted octanol–water partition coefficient (Wildman–Crippen LogP) is 3.65. The number of hydrogen-bond acceptors (Lipinski definition) is 3. The molecule has 0 aliphatic heterocycles. The zero-order chi connectivity index (χ0) is 14.4. The fourth-order valence-electron chi connectivity index (χ4n) is 2.04. The minimum absolute atomic E-state index is 0.409. The van der Waals surface area contributed by atoms with Crippen molar-refractivity contribution in [3.05, 3.63) is 23.4 Å². The summed E-state index contributed by atoms with van der Waals surface area (Å²) < 4.78 is 0. The first-order valence-electron chi connectivity index (χ1n) is 6.93. The van der Waals surface area contributed by atoms with Crippen molar-refractivity contribution in [1.82, 2.24) is 4.98 Å². The van der Waals surface area contributed by atoms with Crippen LogP contribution in [0.5, 0.6) is 0 Å². The minimum Gasteiger partial charge on any atom is -0.389 e. The standard InChI is InChI=1S/C15H25N3S/c1-10(2)6-5-7-11(3)17-14-9-13(15(16)19)8-12(4)18-14/h8-11H,5-7H2,1-4H3,(H2,16,19)(H,17,18). The van der Waals surface area contributed by atoms with E-state index in [0.29, 0.717) is 11.0 Å². The molecule has 0 bridgehead atoms. The lowest BCUT2D eigenvalue weighted by molar-refractivity contribution is 0.520. The Bertz CT molecular complexity index is 429. The molecule has 0 radical (unpaired) electrons. The van der Waals surface area contributed by atoms with Gasteiger partial charge in [-0.05, 0) is 38.3 Å². The minimum atomic E-state index is 0.409. The van der Waals surface area contributed by atoms with Gasteiger partial charge >= 0.3 is 0 Å². The average Bonchev–Trinajstić information content (AvgIpc) is 2.27. The number of nitrogens with two attached hydrogens (primary N) is 1. The van der Waals surface area contributed by atoms with Gasteiger partial charge in [-0.2, -0.15) is 0 Å². The quantitative estimate of drug-likeness (QED) is 0.748. The van der Waals surface area contributed by atoms with Crippen molar-refractivity contribution < 1.29 is 0 Å². The van der Waals surface area contributed by atoms with E-state index in [1.807, 2.05) is 19.1 Å². The van der Waals surface area contributed by atoms with Gasteiger partial charge in [0.05, 0.1) is 0 Å². The fourth-order valence-corrected chi connectivity index (χ4v) is 2.16. The van der Waals surface area contributed by atoms with Crippen molar-refractivity contribution in [3.63, 3.8) is 0 Å². The molecule has 1 heterocycles. The van der Waals surface area contributed by atoms with E-state index in [-0.39, 0.29) is 0 Å². The first-order chi connectivity index (χ1) is 8.88. The molecule has 1 aromatic heterocycles. The number of pyridine rings is 1. The molecule has 0 aliphatic carbocycles. The van der Waals surface area contributed by atoms with Gasteiger partial charge in [0, 0.05) is 17.3 Å². The summed E-state index contributed by atoms with van der Waals surface area (Å²) in [5.41, 5.74) is 7.48. The van der Waals surface area contributed by atoms with Crippen LogP contribution in [0.4, 0.5) is 5.82 Å². The topological polar surface area (TPSA) is 50.9 Å². The molecule has 0 spiro atoms. The van der Waals surface area contributed by atoms with Gasteiger partial charge in [0.25, 0.3) is 0 Å². The Balaban J connectivity index is 2.58. The number of aryl methyl sites for hydroxylation is 1. The van der Waals surface area contributed by atoms with Crippen LogP contribution in [0.3, 0.4) is 0 Å². The number of nitrogens with one attached hydrogen (secondary N) is 1. The average molecular weight is 279 g/mol. The number of rotatable bonds is 7. The first kappa shape index (κ1) is 15.9. The van der Waals surface area contributed by atoms with Crippen LogP contribution in [0.25, 0.3) is 0 Å². The van der Waals surface area contributed by atoms with E-state index in [2.05, 4.69) is 31.1 Å². The zero-order valence-electron chi connectivity index (χ0n) is 12.4. The van der Waals surface area contributed by atoms with Gasteiger partial charge in [-0.1, -0.05) is 38.9 Å². The number of aromatic nitrogens is 1. The Labute approximate surface area is 122 Å². The largest absolute Gasteiger partial charge is 0.389 e. The molecule has 0 saturated carbocycles. The summed E-state index contributed by atoms with van der Waals surface area (Å²) in [5, 5.41) is 3.43. The molecule has 0 amide bonds. The van der Waals surface area contributed by atoms with Gasteiger partial charge < -0.3 is 11.1 Å². The predicted molar refractivity (Wildman–Crippen MR) is 86.6 cm³/mol. The summed E-state index contributed by atoms with van der Waals surface area (Å²) in [6, 6.07) is 4.25. The number of nitrogens with zero attached hydrogens (tertiary/aromatic N) is 1. The Hall–Kier alpha value is -1.16. The fraction of sp³-hybridized carbons (Fsp3) is 0.600. The van der Waals surface area contributed by atoms with E-state index in [1.54, 1.807) is 0 Å². The smallest absolute Gasteiger partial charge is 0.127 e. The molecule has 3 N–H and O–H groups in total. The van der Waals surface area contributed by atoms with Gasteiger partial charge in [0.1, 0.15) is 10.8 Å². The maximum absolute atomic E-state index is 5.67. The van der Waals surface area contributed by atoms with E-state index in [9.17, 15) is 0 Å². The lowest BCUT2D eigenvalue weighted by atomic mass is 10.0. The van der Waals surface area contributed by atoms with Gasteiger partial charge in [-0.3, -0.25) is 0 Å². The molecule has 4 heteroatoms. The third-order valence-electron chi connectivity index (χ3n) is 3.05. The van der Waals surface area contributed by atoms with Crippen molar-refractivity contribution in [2.24, 2.45) is 11.7 Å². The first-order valence-corrected chi connectivity index (χ1v) is 7.34. The van der Waals surface area contributed by atoms with Crippen LogP contribution >= 0.6 is 12.2 Å². The summed E-state index contributed by atoms with van der Waals surface area (Å²) in [7, 11) is 0. The Morgan fingerprint density at radius 3 is 2.58 bits per heavy atom. The number of anilines is 1. The zero-order valence-corrected chi connectivity index (χ0v) is 13.2. The van der Waals surface area contributed by atoms with Crippen molar-refractivity contribution >= 4 is 23.0 Å². The molecule has 1 unspecified atom stereocenters. The van der Waals surface area contributed by atoms with Crippen molar-refractivity contribution in [2.75, 3.05) is 5.32 Å². The van der Waals surface area contributed by atoms with Crippen LogP contribution in [-0.2, 0) is 0 Å². The van der Waals surface area contributed by atoms with Crippen molar-refractivity contribution in [1.29, 1.82) is 0 Å². The third kappa shape index (κ3) is 6.01. The molecule has 19 heavy (non-hydrogen) atoms. The molecular weight excluding hydrogens is 254 g/mol. The molecule has 0 fully saturated rings. The maximum Gasteiger partial charge on any atom is 0.127 e. The van der Waals surface area contributed by atoms with E-state index < -0.39 is 0 Å². The highest BCUT2D eigenvalue weighted by molar-refractivity contribution is 7.80. The highest BCUT2D eigenvalue weighted by Crippen LogP contribution is 2.14. The highest BCUT2D eigenvalue weighted by atomic mass is 32.1. The maximum atomic E-state index is 5.67. The van der Waals surface area contributed by atoms with Crippen LogP contribution in [0.2, 0.25) is 0 Å². The van der Waals surface area contributed by atoms with Gasteiger partial charge in [0.15, 0.2) is 0 Å². The molecule has 3 nitrogen and oxygen atoms in total. The highest BCUT2D eigenvalue weighted by Gasteiger charge is 2.06. The van der Waals surface area contributed by atoms with Crippen molar-refractivity contribution in [2.45, 2.75) is 53.0 Å². The molecule has 1 atom stereocenters.